The van der Waals surface area contributed by atoms with Crippen LogP contribution in [0.25, 0.3) is 0 Å². The summed E-state index contributed by atoms with van der Waals surface area (Å²) in [5.41, 5.74) is 2.43. The van der Waals surface area contributed by atoms with Crippen LogP contribution in [-0.4, -0.2) is 30.7 Å². The number of anilines is 1. The molecule has 1 aliphatic rings. The van der Waals surface area contributed by atoms with E-state index >= 15 is 0 Å². The normalized spacial score (nSPS) is 18.4. The van der Waals surface area contributed by atoms with Crippen LogP contribution < -0.4 is 10.2 Å². The van der Waals surface area contributed by atoms with Crippen LogP contribution in [-0.2, 0) is 4.79 Å². The van der Waals surface area contributed by atoms with E-state index in [1.54, 1.807) is 17.0 Å². The first-order valence-electron chi connectivity index (χ1n) is 6.86. The lowest BCUT2D eigenvalue weighted by Gasteiger charge is -2.20. The molecular weight excluding hydrogens is 272 g/mol. The molecular formula is C15H20N2O2S. The minimum absolute atomic E-state index is 0.105. The molecule has 1 N–H and O–H groups in total. The highest BCUT2D eigenvalue weighted by Gasteiger charge is 2.30. The predicted molar refractivity (Wildman–Crippen MR) is 83.5 cm³/mol. The molecule has 5 heteroatoms. The summed E-state index contributed by atoms with van der Waals surface area (Å²) >= 11 is 4.27. The standard InChI is InChI=1S/C15H20N2O2S/c1-3-16-15(19)12-5-4-10(2)13(7-12)17-8-11(9-20)6-14(17)18/h4-5,7,11,20H,3,6,8-9H2,1-2H3,(H,16,19). The first-order chi connectivity index (χ1) is 9.56. The summed E-state index contributed by atoms with van der Waals surface area (Å²) in [5.74, 6) is 1.00. The average molecular weight is 292 g/mol. The van der Waals surface area contributed by atoms with E-state index < -0.39 is 0 Å². The van der Waals surface area contributed by atoms with Gasteiger partial charge in [-0.3, -0.25) is 9.59 Å². The van der Waals surface area contributed by atoms with E-state index in [0.717, 1.165) is 11.3 Å². The summed E-state index contributed by atoms with van der Waals surface area (Å²) in [7, 11) is 0. The Bertz CT molecular complexity index is 531. The second-order valence-electron chi connectivity index (χ2n) is 5.12. The van der Waals surface area contributed by atoms with Crippen molar-refractivity contribution in [1.82, 2.24) is 5.32 Å². The number of hydrogen-bond acceptors (Lipinski definition) is 3. The molecule has 0 bridgehead atoms. The molecule has 1 saturated heterocycles. The third-order valence-electron chi connectivity index (χ3n) is 3.56. The fraction of sp³-hybridized carbons (Fsp3) is 0.467. The summed E-state index contributed by atoms with van der Waals surface area (Å²) < 4.78 is 0. The van der Waals surface area contributed by atoms with Crippen molar-refractivity contribution in [2.45, 2.75) is 20.3 Å². The molecule has 2 rings (SSSR count). The summed E-state index contributed by atoms with van der Waals surface area (Å²) in [6, 6.07) is 5.49. The van der Waals surface area contributed by atoms with E-state index in [0.29, 0.717) is 36.7 Å². The SMILES string of the molecule is CCNC(=O)c1ccc(C)c(N2CC(CS)CC2=O)c1. The number of hydrogen-bond donors (Lipinski definition) is 2. The molecule has 0 aliphatic carbocycles. The topological polar surface area (TPSA) is 49.4 Å². The number of carbonyl (C=O) groups excluding carboxylic acids is 2. The zero-order chi connectivity index (χ0) is 14.7. The second-order valence-corrected chi connectivity index (χ2v) is 5.48. The van der Waals surface area contributed by atoms with Gasteiger partial charge < -0.3 is 10.2 Å². The fourth-order valence-corrected chi connectivity index (χ4v) is 2.69. The molecule has 1 aromatic carbocycles. The van der Waals surface area contributed by atoms with Gasteiger partial charge in [-0.1, -0.05) is 6.07 Å². The Labute approximate surface area is 124 Å². The number of rotatable bonds is 4. The van der Waals surface area contributed by atoms with Crippen molar-refractivity contribution < 1.29 is 9.59 Å². The highest BCUT2D eigenvalue weighted by molar-refractivity contribution is 7.80. The monoisotopic (exact) mass is 292 g/mol. The Morgan fingerprint density at radius 3 is 2.85 bits per heavy atom. The van der Waals surface area contributed by atoms with Crippen molar-refractivity contribution in [2.75, 3.05) is 23.7 Å². The number of nitrogens with one attached hydrogen (secondary N) is 1. The van der Waals surface area contributed by atoms with Crippen LogP contribution in [0.1, 0.15) is 29.3 Å². The number of benzene rings is 1. The molecule has 0 spiro atoms. The molecule has 0 aromatic heterocycles. The van der Waals surface area contributed by atoms with Gasteiger partial charge in [-0.15, -0.1) is 0 Å². The zero-order valence-electron chi connectivity index (χ0n) is 11.8. The van der Waals surface area contributed by atoms with Crippen molar-refractivity contribution in [3.8, 4) is 0 Å². The van der Waals surface area contributed by atoms with E-state index in [2.05, 4.69) is 17.9 Å². The van der Waals surface area contributed by atoms with Gasteiger partial charge in [0.25, 0.3) is 5.91 Å². The highest BCUT2D eigenvalue weighted by Crippen LogP contribution is 2.29. The van der Waals surface area contributed by atoms with Crippen LogP contribution in [0.5, 0.6) is 0 Å². The predicted octanol–water partition coefficient (Wildman–Crippen LogP) is 2.03. The maximum Gasteiger partial charge on any atom is 0.251 e. The zero-order valence-corrected chi connectivity index (χ0v) is 12.7. The van der Waals surface area contributed by atoms with Gasteiger partial charge in [-0.05, 0) is 43.2 Å². The molecule has 108 valence electrons. The highest BCUT2D eigenvalue weighted by atomic mass is 32.1. The molecule has 2 amide bonds. The lowest BCUT2D eigenvalue weighted by atomic mass is 10.1. The second kappa shape index (κ2) is 6.31. The van der Waals surface area contributed by atoms with Crippen molar-refractivity contribution in [1.29, 1.82) is 0 Å². The molecule has 1 aromatic rings. The lowest BCUT2D eigenvalue weighted by Crippen LogP contribution is -2.27. The van der Waals surface area contributed by atoms with Crippen LogP contribution in [0.2, 0.25) is 0 Å². The number of carbonyl (C=O) groups is 2. The average Bonchev–Trinajstić information content (AvgIpc) is 2.81. The minimum atomic E-state index is -0.105. The molecule has 4 nitrogen and oxygen atoms in total. The quantitative estimate of drug-likeness (QED) is 0.834. The van der Waals surface area contributed by atoms with Crippen molar-refractivity contribution >= 4 is 30.1 Å². The van der Waals surface area contributed by atoms with Gasteiger partial charge in [0.15, 0.2) is 0 Å². The molecule has 1 aliphatic heterocycles. The van der Waals surface area contributed by atoms with Gasteiger partial charge in [-0.2, -0.15) is 12.6 Å². The molecule has 1 unspecified atom stereocenters. The van der Waals surface area contributed by atoms with E-state index in [9.17, 15) is 9.59 Å². The van der Waals surface area contributed by atoms with Crippen molar-refractivity contribution in [2.24, 2.45) is 5.92 Å². The van der Waals surface area contributed by atoms with E-state index in [1.807, 2.05) is 19.9 Å². The van der Waals surface area contributed by atoms with Crippen LogP contribution in [0.15, 0.2) is 18.2 Å². The van der Waals surface area contributed by atoms with Crippen molar-refractivity contribution in [3.63, 3.8) is 0 Å². The maximum absolute atomic E-state index is 12.1. The van der Waals surface area contributed by atoms with E-state index in [4.69, 9.17) is 0 Å². The smallest absolute Gasteiger partial charge is 0.251 e. The Hall–Kier alpha value is -1.49. The molecule has 20 heavy (non-hydrogen) atoms. The summed E-state index contributed by atoms with van der Waals surface area (Å²) in [5, 5.41) is 2.78. The van der Waals surface area contributed by atoms with Crippen LogP contribution in [0, 0.1) is 12.8 Å². The lowest BCUT2D eigenvalue weighted by molar-refractivity contribution is -0.117. The first-order valence-corrected chi connectivity index (χ1v) is 7.50. The Morgan fingerprint density at radius 1 is 1.50 bits per heavy atom. The van der Waals surface area contributed by atoms with Crippen LogP contribution in [0.4, 0.5) is 5.69 Å². The Kier molecular flexibility index (Phi) is 4.70. The molecule has 1 atom stereocenters. The molecule has 1 fully saturated rings. The first kappa shape index (κ1) is 14.9. The molecule has 0 saturated carbocycles. The molecule has 0 radical (unpaired) electrons. The van der Waals surface area contributed by atoms with Gasteiger partial charge in [0, 0.05) is 30.8 Å². The summed E-state index contributed by atoms with van der Waals surface area (Å²) in [4.78, 5) is 25.8. The van der Waals surface area contributed by atoms with Gasteiger partial charge in [0.1, 0.15) is 0 Å². The van der Waals surface area contributed by atoms with Gasteiger partial charge in [0.2, 0.25) is 5.91 Å². The largest absolute Gasteiger partial charge is 0.352 e. The minimum Gasteiger partial charge on any atom is -0.352 e. The Balaban J connectivity index is 2.29. The number of amides is 2. The third kappa shape index (κ3) is 2.98. The number of aryl methyl sites for hydroxylation is 1. The molecule has 1 heterocycles. The summed E-state index contributed by atoms with van der Waals surface area (Å²) in [6.45, 7) is 5.11. The van der Waals surface area contributed by atoms with E-state index in [1.165, 1.54) is 0 Å². The van der Waals surface area contributed by atoms with E-state index in [-0.39, 0.29) is 11.8 Å². The third-order valence-corrected chi connectivity index (χ3v) is 4.08. The van der Waals surface area contributed by atoms with Crippen LogP contribution in [0.3, 0.4) is 0 Å². The van der Waals surface area contributed by atoms with Gasteiger partial charge >= 0.3 is 0 Å². The van der Waals surface area contributed by atoms with Gasteiger partial charge in [0.05, 0.1) is 0 Å². The maximum atomic E-state index is 12.1. The van der Waals surface area contributed by atoms with Crippen LogP contribution >= 0.6 is 12.6 Å². The van der Waals surface area contributed by atoms with Crippen molar-refractivity contribution in [3.05, 3.63) is 29.3 Å². The summed E-state index contributed by atoms with van der Waals surface area (Å²) in [6.07, 6.45) is 0.536. The fourth-order valence-electron chi connectivity index (χ4n) is 2.44. The van der Waals surface area contributed by atoms with Gasteiger partial charge in [-0.25, -0.2) is 0 Å². The number of nitrogens with zero attached hydrogens (tertiary/aromatic N) is 1. The number of thiol groups is 1. The Morgan fingerprint density at radius 2 is 2.25 bits per heavy atom.